The molecule has 0 saturated heterocycles. The number of nitro benzene ring substituents is 1. The number of nitro groups is 1. The zero-order valence-electron chi connectivity index (χ0n) is 13.6. The molecule has 25 heavy (non-hydrogen) atoms. The third-order valence-electron chi connectivity index (χ3n) is 3.50. The molecule has 2 aromatic carbocycles. The molecule has 132 valence electrons. The Kier molecular flexibility index (Phi) is 5.50. The second-order valence-corrected chi connectivity index (χ2v) is 6.95. The first kappa shape index (κ1) is 18.6. The van der Waals surface area contributed by atoms with Gasteiger partial charge < -0.3 is 5.32 Å². The van der Waals surface area contributed by atoms with Crippen molar-refractivity contribution < 1.29 is 18.1 Å². The van der Waals surface area contributed by atoms with Gasteiger partial charge in [-0.05, 0) is 37.3 Å². The molecule has 2 N–H and O–H groups in total. The molecule has 0 spiro atoms. The van der Waals surface area contributed by atoms with E-state index in [1.807, 2.05) is 0 Å². The normalized spacial score (nSPS) is 11.1. The van der Waals surface area contributed by atoms with Gasteiger partial charge in [0.05, 0.1) is 9.82 Å². The van der Waals surface area contributed by atoms with Crippen molar-refractivity contribution in [1.82, 2.24) is 4.72 Å². The van der Waals surface area contributed by atoms with Crippen molar-refractivity contribution in [2.45, 2.75) is 18.7 Å². The highest BCUT2D eigenvalue weighted by atomic mass is 32.2. The highest BCUT2D eigenvalue weighted by Gasteiger charge is 2.18. The average Bonchev–Trinajstić information content (AvgIpc) is 2.55. The fourth-order valence-corrected chi connectivity index (χ4v) is 3.30. The van der Waals surface area contributed by atoms with Crippen molar-refractivity contribution in [1.29, 1.82) is 0 Å². The van der Waals surface area contributed by atoms with E-state index in [4.69, 9.17) is 0 Å². The summed E-state index contributed by atoms with van der Waals surface area (Å²) >= 11 is 0. The summed E-state index contributed by atoms with van der Waals surface area (Å²) in [5.74, 6) is -0.511. The minimum atomic E-state index is -3.57. The topological polar surface area (TPSA) is 118 Å². The molecular weight excluding hydrogens is 346 g/mol. The van der Waals surface area contributed by atoms with Gasteiger partial charge in [0.1, 0.15) is 0 Å². The number of sulfonamides is 1. The monoisotopic (exact) mass is 363 g/mol. The lowest BCUT2D eigenvalue weighted by Crippen LogP contribution is -2.23. The minimum Gasteiger partial charge on any atom is -0.322 e. The van der Waals surface area contributed by atoms with Crippen LogP contribution in [0.25, 0.3) is 0 Å². The van der Waals surface area contributed by atoms with Crippen LogP contribution >= 0.6 is 0 Å². The van der Waals surface area contributed by atoms with Crippen LogP contribution in [0.15, 0.2) is 47.4 Å². The Labute approximate surface area is 145 Å². The predicted molar refractivity (Wildman–Crippen MR) is 93.1 cm³/mol. The molecule has 0 aliphatic rings. The van der Waals surface area contributed by atoms with Crippen molar-refractivity contribution in [3.63, 3.8) is 0 Å². The summed E-state index contributed by atoms with van der Waals surface area (Å²) in [6.45, 7) is 3.44. The smallest absolute Gasteiger partial charge is 0.273 e. The zero-order valence-corrected chi connectivity index (χ0v) is 14.5. The Morgan fingerprint density at radius 1 is 1.16 bits per heavy atom. The molecule has 0 unspecified atom stereocenters. The maximum Gasteiger partial charge on any atom is 0.273 e. The van der Waals surface area contributed by atoms with Gasteiger partial charge in [0.2, 0.25) is 10.0 Å². The summed E-state index contributed by atoms with van der Waals surface area (Å²) in [5.41, 5.74) is 0.681. The Morgan fingerprint density at radius 3 is 2.36 bits per heavy atom. The molecule has 0 aromatic heterocycles. The molecule has 0 aliphatic carbocycles. The van der Waals surface area contributed by atoms with Crippen LogP contribution in [0.1, 0.15) is 22.8 Å². The number of carbonyl (C=O) groups is 1. The van der Waals surface area contributed by atoms with Crippen LogP contribution < -0.4 is 10.0 Å². The molecule has 9 heteroatoms. The molecule has 0 heterocycles. The quantitative estimate of drug-likeness (QED) is 0.604. The van der Waals surface area contributed by atoms with Gasteiger partial charge in [0.25, 0.3) is 11.6 Å². The molecule has 0 aliphatic heterocycles. The summed E-state index contributed by atoms with van der Waals surface area (Å²) in [6.07, 6.45) is 0. The van der Waals surface area contributed by atoms with E-state index in [0.717, 1.165) is 0 Å². The van der Waals surface area contributed by atoms with Crippen molar-refractivity contribution in [2.75, 3.05) is 11.9 Å². The molecule has 1 amide bonds. The van der Waals surface area contributed by atoms with Gasteiger partial charge in [-0.15, -0.1) is 0 Å². The van der Waals surface area contributed by atoms with E-state index >= 15 is 0 Å². The third kappa shape index (κ3) is 4.20. The molecule has 0 atom stereocenters. The van der Waals surface area contributed by atoms with Gasteiger partial charge in [-0.1, -0.05) is 13.0 Å². The van der Waals surface area contributed by atoms with Gasteiger partial charge in [0, 0.05) is 29.4 Å². The van der Waals surface area contributed by atoms with Crippen LogP contribution in [0.2, 0.25) is 0 Å². The molecule has 8 nitrogen and oxygen atoms in total. The third-order valence-corrected chi connectivity index (χ3v) is 5.06. The van der Waals surface area contributed by atoms with Crippen LogP contribution in [0.3, 0.4) is 0 Å². The van der Waals surface area contributed by atoms with E-state index in [-0.39, 0.29) is 28.3 Å². The Morgan fingerprint density at radius 2 is 1.80 bits per heavy atom. The Balaban J connectivity index is 2.22. The standard InChI is InChI=1S/C16H17N3O5S/c1-3-17-25(23,24)13-9-7-12(8-10-13)18-16(20)14-5-4-6-15(11(14)2)19(21)22/h4-10,17H,3H2,1-2H3,(H,18,20). The number of hydrogen-bond donors (Lipinski definition) is 2. The van der Waals surface area contributed by atoms with Crippen molar-refractivity contribution in [3.05, 3.63) is 63.7 Å². The first-order chi connectivity index (χ1) is 11.8. The fraction of sp³-hybridized carbons (Fsp3) is 0.188. The molecule has 0 bridgehead atoms. The lowest BCUT2D eigenvalue weighted by Gasteiger charge is -2.09. The van der Waals surface area contributed by atoms with Gasteiger partial charge in [0.15, 0.2) is 0 Å². The maximum atomic E-state index is 12.3. The zero-order chi connectivity index (χ0) is 18.6. The highest BCUT2D eigenvalue weighted by molar-refractivity contribution is 7.89. The largest absolute Gasteiger partial charge is 0.322 e. The Hall–Kier alpha value is -2.78. The summed E-state index contributed by atoms with van der Waals surface area (Å²) in [5, 5.41) is 13.5. The molecule has 2 aromatic rings. The van der Waals surface area contributed by atoms with E-state index in [1.54, 1.807) is 6.92 Å². The van der Waals surface area contributed by atoms with E-state index in [1.165, 1.54) is 49.4 Å². The predicted octanol–water partition coefficient (Wildman–Crippen LogP) is 2.45. The van der Waals surface area contributed by atoms with E-state index in [9.17, 15) is 23.3 Å². The number of rotatable bonds is 6. The van der Waals surface area contributed by atoms with Crippen LogP contribution in [0.5, 0.6) is 0 Å². The lowest BCUT2D eigenvalue weighted by atomic mass is 10.1. The van der Waals surface area contributed by atoms with Gasteiger partial charge >= 0.3 is 0 Å². The summed E-state index contributed by atoms with van der Waals surface area (Å²) in [7, 11) is -3.57. The summed E-state index contributed by atoms with van der Waals surface area (Å²) < 4.78 is 26.1. The number of nitrogens with zero attached hydrogens (tertiary/aromatic N) is 1. The molecular formula is C16H17N3O5S. The van der Waals surface area contributed by atoms with Crippen molar-refractivity contribution >= 4 is 27.3 Å². The lowest BCUT2D eigenvalue weighted by molar-refractivity contribution is -0.385. The first-order valence-electron chi connectivity index (χ1n) is 7.41. The van der Waals surface area contributed by atoms with Gasteiger partial charge in [-0.2, -0.15) is 0 Å². The second-order valence-electron chi connectivity index (χ2n) is 5.19. The first-order valence-corrected chi connectivity index (χ1v) is 8.89. The number of hydrogen-bond acceptors (Lipinski definition) is 5. The van der Waals surface area contributed by atoms with E-state index in [2.05, 4.69) is 10.0 Å². The minimum absolute atomic E-state index is 0.0823. The molecule has 0 radical (unpaired) electrons. The van der Waals surface area contributed by atoms with E-state index < -0.39 is 20.9 Å². The van der Waals surface area contributed by atoms with Crippen LogP contribution in [0.4, 0.5) is 11.4 Å². The van der Waals surface area contributed by atoms with Crippen LogP contribution in [0, 0.1) is 17.0 Å². The van der Waals surface area contributed by atoms with Crippen molar-refractivity contribution in [2.24, 2.45) is 0 Å². The number of anilines is 1. The molecule has 0 fully saturated rings. The molecule has 2 rings (SSSR count). The number of benzene rings is 2. The Bertz CT molecular complexity index is 908. The van der Waals surface area contributed by atoms with Crippen LogP contribution in [-0.2, 0) is 10.0 Å². The SMILES string of the molecule is CCNS(=O)(=O)c1ccc(NC(=O)c2cccc([N+](=O)[O-])c2C)cc1. The summed E-state index contributed by atoms with van der Waals surface area (Å²) in [4.78, 5) is 22.8. The van der Waals surface area contributed by atoms with Gasteiger partial charge in [-0.3, -0.25) is 14.9 Å². The van der Waals surface area contributed by atoms with Gasteiger partial charge in [-0.25, -0.2) is 13.1 Å². The van der Waals surface area contributed by atoms with E-state index in [0.29, 0.717) is 5.69 Å². The highest BCUT2D eigenvalue weighted by Crippen LogP contribution is 2.22. The number of carbonyl (C=O) groups excluding carboxylic acids is 1. The van der Waals surface area contributed by atoms with Crippen molar-refractivity contribution in [3.8, 4) is 0 Å². The summed E-state index contributed by atoms with van der Waals surface area (Å²) in [6, 6.07) is 9.89. The average molecular weight is 363 g/mol. The number of amides is 1. The maximum absolute atomic E-state index is 12.3. The second kappa shape index (κ2) is 7.41. The van der Waals surface area contributed by atoms with Crippen LogP contribution in [-0.4, -0.2) is 25.8 Å². The number of nitrogens with one attached hydrogen (secondary N) is 2. The molecule has 0 saturated carbocycles. The fourth-order valence-electron chi connectivity index (χ4n) is 2.26.